The number of benzene rings is 1. The maximum absolute atomic E-state index is 12.0. The summed E-state index contributed by atoms with van der Waals surface area (Å²) in [5, 5.41) is 11.4. The molecule has 0 saturated carbocycles. The molecule has 0 aliphatic rings. The van der Waals surface area contributed by atoms with Crippen molar-refractivity contribution in [1.82, 2.24) is 4.90 Å². The van der Waals surface area contributed by atoms with Gasteiger partial charge in [-0.1, -0.05) is 0 Å². The van der Waals surface area contributed by atoms with Crippen LogP contribution in [0.2, 0.25) is 0 Å². The van der Waals surface area contributed by atoms with E-state index in [1.54, 1.807) is 25.1 Å². The van der Waals surface area contributed by atoms with Gasteiger partial charge in [0.25, 0.3) is 0 Å². The van der Waals surface area contributed by atoms with Crippen LogP contribution in [0.1, 0.15) is 20.8 Å². The highest BCUT2D eigenvalue weighted by molar-refractivity contribution is 6.39. The molecular formula is C16H24N2O5. The summed E-state index contributed by atoms with van der Waals surface area (Å²) >= 11 is 0. The Morgan fingerprint density at radius 1 is 1.13 bits per heavy atom. The first-order chi connectivity index (χ1) is 11.1. The van der Waals surface area contributed by atoms with Crippen LogP contribution in [0.3, 0.4) is 0 Å². The molecule has 0 radical (unpaired) electrons. The Morgan fingerprint density at radius 3 is 2.35 bits per heavy atom. The van der Waals surface area contributed by atoms with E-state index < -0.39 is 11.8 Å². The fourth-order valence-electron chi connectivity index (χ4n) is 1.98. The Morgan fingerprint density at radius 2 is 1.78 bits per heavy atom. The summed E-state index contributed by atoms with van der Waals surface area (Å²) in [5.41, 5.74) is 0.440. The number of nitrogens with one attached hydrogen (secondary N) is 1. The van der Waals surface area contributed by atoms with Crippen molar-refractivity contribution < 1.29 is 24.2 Å². The Bertz CT molecular complexity index is 533. The van der Waals surface area contributed by atoms with Crippen LogP contribution >= 0.6 is 0 Å². The lowest BCUT2D eigenvalue weighted by molar-refractivity contribution is -0.143. The highest BCUT2D eigenvalue weighted by Crippen LogP contribution is 2.30. The second kappa shape index (κ2) is 9.68. The lowest BCUT2D eigenvalue weighted by atomic mass is 10.2. The van der Waals surface area contributed by atoms with Crippen LogP contribution in [-0.4, -0.2) is 54.7 Å². The van der Waals surface area contributed by atoms with Gasteiger partial charge in [0.05, 0.1) is 19.8 Å². The summed E-state index contributed by atoms with van der Waals surface area (Å²) in [6.45, 7) is 6.68. The average molecular weight is 324 g/mol. The van der Waals surface area contributed by atoms with E-state index in [0.29, 0.717) is 36.9 Å². The van der Waals surface area contributed by atoms with E-state index >= 15 is 0 Å². The molecule has 0 spiro atoms. The number of hydrogen-bond donors (Lipinski definition) is 2. The largest absolute Gasteiger partial charge is 0.490 e. The van der Waals surface area contributed by atoms with Crippen molar-refractivity contribution in [2.75, 3.05) is 38.2 Å². The minimum absolute atomic E-state index is 0.121. The zero-order chi connectivity index (χ0) is 17.2. The molecule has 128 valence electrons. The van der Waals surface area contributed by atoms with Gasteiger partial charge in [0, 0.05) is 24.8 Å². The van der Waals surface area contributed by atoms with Crippen LogP contribution in [0, 0.1) is 0 Å². The van der Waals surface area contributed by atoms with Crippen LogP contribution in [0.4, 0.5) is 5.69 Å². The van der Waals surface area contributed by atoms with Crippen LogP contribution in [0.5, 0.6) is 11.5 Å². The molecular weight excluding hydrogens is 300 g/mol. The van der Waals surface area contributed by atoms with E-state index in [2.05, 4.69) is 5.32 Å². The van der Waals surface area contributed by atoms with Crippen molar-refractivity contribution >= 4 is 17.5 Å². The van der Waals surface area contributed by atoms with E-state index in [4.69, 9.17) is 14.6 Å². The Hall–Kier alpha value is -2.28. The molecule has 0 unspecified atom stereocenters. The first-order valence-electron chi connectivity index (χ1n) is 7.68. The van der Waals surface area contributed by atoms with Crippen molar-refractivity contribution in [3.8, 4) is 11.5 Å². The molecule has 1 aromatic carbocycles. The molecule has 0 atom stereocenters. The highest BCUT2D eigenvalue weighted by atomic mass is 16.5. The summed E-state index contributed by atoms with van der Waals surface area (Å²) < 4.78 is 10.9. The predicted molar refractivity (Wildman–Crippen MR) is 86.7 cm³/mol. The molecule has 0 bridgehead atoms. The quantitative estimate of drug-likeness (QED) is 0.703. The minimum Gasteiger partial charge on any atom is -0.490 e. The molecule has 0 aromatic heterocycles. The molecule has 2 amide bonds. The smallest absolute Gasteiger partial charge is 0.313 e. The van der Waals surface area contributed by atoms with Gasteiger partial charge in [-0.05, 0) is 32.9 Å². The van der Waals surface area contributed by atoms with Crippen LogP contribution in [-0.2, 0) is 9.59 Å². The molecule has 0 aliphatic carbocycles. The molecule has 1 aromatic rings. The fraction of sp³-hybridized carbons (Fsp3) is 0.500. The maximum Gasteiger partial charge on any atom is 0.313 e. The normalized spacial score (nSPS) is 10.1. The first-order valence-corrected chi connectivity index (χ1v) is 7.68. The summed E-state index contributed by atoms with van der Waals surface area (Å²) in [6, 6.07) is 4.93. The number of nitrogens with zero attached hydrogens (tertiary/aromatic N) is 1. The minimum atomic E-state index is -0.757. The number of rotatable bonds is 8. The highest BCUT2D eigenvalue weighted by Gasteiger charge is 2.20. The van der Waals surface area contributed by atoms with Gasteiger partial charge in [-0.3, -0.25) is 9.59 Å². The van der Waals surface area contributed by atoms with Crippen LogP contribution in [0.25, 0.3) is 0 Å². The van der Waals surface area contributed by atoms with E-state index in [1.807, 2.05) is 13.8 Å². The van der Waals surface area contributed by atoms with E-state index in [0.717, 1.165) is 0 Å². The van der Waals surface area contributed by atoms with Crippen molar-refractivity contribution in [2.24, 2.45) is 0 Å². The van der Waals surface area contributed by atoms with Crippen molar-refractivity contribution in [3.05, 3.63) is 18.2 Å². The summed E-state index contributed by atoms with van der Waals surface area (Å²) in [4.78, 5) is 25.3. The number of amides is 2. The van der Waals surface area contributed by atoms with Gasteiger partial charge in [0.1, 0.15) is 0 Å². The molecule has 0 aliphatic heterocycles. The van der Waals surface area contributed by atoms with Gasteiger partial charge < -0.3 is 24.8 Å². The number of likely N-dealkylation sites (N-methyl/N-ethyl adjacent to an activating group) is 1. The van der Waals surface area contributed by atoms with Crippen LogP contribution in [0.15, 0.2) is 18.2 Å². The molecule has 0 heterocycles. The Balaban J connectivity index is 2.85. The lowest BCUT2D eigenvalue weighted by Crippen LogP contribution is -2.41. The van der Waals surface area contributed by atoms with Crippen molar-refractivity contribution in [3.63, 3.8) is 0 Å². The molecule has 7 nitrogen and oxygen atoms in total. The van der Waals surface area contributed by atoms with Gasteiger partial charge in [-0.25, -0.2) is 0 Å². The standard InChI is InChI=1S/C16H24N2O5/c1-4-18(9-10-19)16(21)15(20)17-12-7-8-13(22-5-2)14(11-12)23-6-3/h7-8,11,19H,4-6,9-10H2,1-3H3,(H,17,20). The summed E-state index contributed by atoms with van der Waals surface area (Å²) in [7, 11) is 0. The van der Waals surface area contributed by atoms with Gasteiger partial charge in [-0.15, -0.1) is 0 Å². The van der Waals surface area contributed by atoms with Crippen molar-refractivity contribution in [2.45, 2.75) is 20.8 Å². The lowest BCUT2D eigenvalue weighted by Gasteiger charge is -2.19. The maximum atomic E-state index is 12.0. The fourth-order valence-corrected chi connectivity index (χ4v) is 1.98. The zero-order valence-corrected chi connectivity index (χ0v) is 13.8. The van der Waals surface area contributed by atoms with Gasteiger partial charge >= 0.3 is 11.8 Å². The van der Waals surface area contributed by atoms with Gasteiger partial charge in [0.15, 0.2) is 11.5 Å². The molecule has 1 rings (SSSR count). The molecule has 2 N–H and O–H groups in total. The van der Waals surface area contributed by atoms with Crippen molar-refractivity contribution in [1.29, 1.82) is 0 Å². The Labute approximate surface area is 136 Å². The van der Waals surface area contributed by atoms with E-state index in [1.165, 1.54) is 4.90 Å². The first kappa shape index (κ1) is 18.8. The van der Waals surface area contributed by atoms with Gasteiger partial charge in [0.2, 0.25) is 0 Å². The SMILES string of the molecule is CCOc1ccc(NC(=O)C(=O)N(CC)CCO)cc1OCC. The molecule has 23 heavy (non-hydrogen) atoms. The number of carbonyl (C=O) groups excluding carboxylic acids is 2. The third kappa shape index (κ3) is 5.45. The molecule has 0 fully saturated rings. The number of hydrogen-bond acceptors (Lipinski definition) is 5. The zero-order valence-electron chi connectivity index (χ0n) is 13.8. The summed E-state index contributed by atoms with van der Waals surface area (Å²) in [6.07, 6.45) is 0. The summed E-state index contributed by atoms with van der Waals surface area (Å²) in [5.74, 6) is -0.364. The second-order valence-electron chi connectivity index (χ2n) is 4.59. The number of anilines is 1. The monoisotopic (exact) mass is 324 g/mol. The average Bonchev–Trinajstić information content (AvgIpc) is 2.54. The van der Waals surface area contributed by atoms with E-state index in [-0.39, 0.29) is 13.2 Å². The topological polar surface area (TPSA) is 88.1 Å². The third-order valence-corrected chi connectivity index (χ3v) is 3.03. The number of carbonyl (C=O) groups is 2. The van der Waals surface area contributed by atoms with E-state index in [9.17, 15) is 9.59 Å². The van der Waals surface area contributed by atoms with Gasteiger partial charge in [-0.2, -0.15) is 0 Å². The third-order valence-electron chi connectivity index (χ3n) is 3.03. The van der Waals surface area contributed by atoms with Crippen LogP contribution < -0.4 is 14.8 Å². The number of ether oxygens (including phenoxy) is 2. The number of aliphatic hydroxyl groups is 1. The predicted octanol–water partition coefficient (Wildman–Crippen LogP) is 1.26. The Kier molecular flexibility index (Phi) is 7.90. The molecule has 0 saturated heterocycles. The number of aliphatic hydroxyl groups excluding tert-OH is 1. The second-order valence-corrected chi connectivity index (χ2v) is 4.59. The molecule has 7 heteroatoms.